The van der Waals surface area contributed by atoms with Crippen LogP contribution in [0.3, 0.4) is 0 Å². The highest BCUT2D eigenvalue weighted by Gasteiger charge is 2.23. The molecular weight excluding hydrogens is 256 g/mol. The molecule has 2 atom stereocenters. The molecule has 0 bridgehead atoms. The van der Waals surface area contributed by atoms with Crippen LogP contribution in [0.25, 0.3) is 0 Å². The zero-order valence-electron chi connectivity index (χ0n) is 10.6. The van der Waals surface area contributed by atoms with Crippen LogP contribution in [0.1, 0.15) is 6.42 Å². The van der Waals surface area contributed by atoms with Crippen molar-refractivity contribution in [2.45, 2.75) is 18.5 Å². The molecule has 0 unspecified atom stereocenters. The van der Waals surface area contributed by atoms with E-state index in [1.54, 1.807) is 0 Å². The van der Waals surface area contributed by atoms with Crippen LogP contribution in [-0.2, 0) is 14.4 Å². The van der Waals surface area contributed by atoms with Crippen LogP contribution in [0.5, 0.6) is 0 Å². The fourth-order valence-corrected chi connectivity index (χ4v) is 1.32. The fraction of sp³-hybridized carbons (Fsp3) is 0.700. The van der Waals surface area contributed by atoms with Crippen LogP contribution in [0.4, 0.5) is 0 Å². The average molecular weight is 274 g/mol. The summed E-state index contributed by atoms with van der Waals surface area (Å²) in [6.07, 6.45) is 0.667. The highest BCUT2D eigenvalue weighted by molar-refractivity contribution is 5.90. The summed E-state index contributed by atoms with van der Waals surface area (Å²) < 4.78 is 0. The summed E-state index contributed by atoms with van der Waals surface area (Å²) in [5.41, 5.74) is 0. The van der Waals surface area contributed by atoms with Crippen molar-refractivity contribution < 1.29 is 19.5 Å². The Morgan fingerprint density at radius 2 is 2.00 bits per heavy atom. The summed E-state index contributed by atoms with van der Waals surface area (Å²) in [6, 6.07) is -1.84. The smallest absolute Gasteiger partial charge is 0.245 e. The van der Waals surface area contributed by atoms with Gasteiger partial charge in [0.1, 0.15) is 12.3 Å². The minimum atomic E-state index is -1.15. The van der Waals surface area contributed by atoms with Crippen molar-refractivity contribution in [1.29, 1.82) is 0 Å². The summed E-state index contributed by atoms with van der Waals surface area (Å²) in [6.45, 7) is -0.839. The lowest BCUT2D eigenvalue weighted by atomic mass is 10.1. The number of aliphatic hydroxyl groups excluding tert-OH is 1. The van der Waals surface area contributed by atoms with Gasteiger partial charge < -0.3 is 25.9 Å². The van der Waals surface area contributed by atoms with Crippen LogP contribution < -0.4 is 16.0 Å². The van der Waals surface area contributed by atoms with Gasteiger partial charge in [0.05, 0.1) is 25.7 Å². The summed E-state index contributed by atoms with van der Waals surface area (Å²) in [5.74, 6) is -1.20. The molecule has 108 valence electrons. The first-order valence-corrected chi connectivity index (χ1v) is 5.69. The number of nitroso groups, excluding NO2 is 1. The third-order valence-electron chi connectivity index (χ3n) is 2.35. The van der Waals surface area contributed by atoms with E-state index in [2.05, 4.69) is 21.1 Å². The number of carbonyl (C=O) groups excluding carboxylic acids is 3. The first kappa shape index (κ1) is 17.1. The second-order valence-electron chi connectivity index (χ2n) is 3.64. The van der Waals surface area contributed by atoms with E-state index in [1.807, 2.05) is 0 Å². The molecule has 0 heterocycles. The molecule has 0 saturated carbocycles. The van der Waals surface area contributed by atoms with Gasteiger partial charge >= 0.3 is 0 Å². The van der Waals surface area contributed by atoms with Crippen LogP contribution in [0.2, 0.25) is 0 Å². The van der Waals surface area contributed by atoms with E-state index < -0.39 is 30.5 Å². The van der Waals surface area contributed by atoms with Crippen molar-refractivity contribution in [2.75, 3.05) is 26.7 Å². The van der Waals surface area contributed by atoms with Gasteiger partial charge in [0, 0.05) is 0 Å². The molecule has 0 aromatic rings. The highest BCUT2D eigenvalue weighted by Crippen LogP contribution is 1.94. The van der Waals surface area contributed by atoms with Crippen LogP contribution in [0.15, 0.2) is 5.18 Å². The number of aldehydes is 1. The van der Waals surface area contributed by atoms with E-state index >= 15 is 0 Å². The molecule has 0 rings (SSSR count). The number of hydrogen-bond acceptors (Lipinski definition) is 7. The molecule has 0 spiro atoms. The van der Waals surface area contributed by atoms with Gasteiger partial charge in [-0.15, -0.1) is 0 Å². The van der Waals surface area contributed by atoms with Gasteiger partial charge in [-0.1, -0.05) is 5.18 Å². The molecule has 4 N–H and O–H groups in total. The Balaban J connectivity index is 4.41. The van der Waals surface area contributed by atoms with E-state index in [0.717, 1.165) is 0 Å². The third kappa shape index (κ3) is 6.58. The Bertz CT molecular complexity index is 323. The first-order valence-electron chi connectivity index (χ1n) is 5.69. The van der Waals surface area contributed by atoms with E-state index in [9.17, 15) is 19.3 Å². The van der Waals surface area contributed by atoms with Gasteiger partial charge in [0.25, 0.3) is 0 Å². The monoisotopic (exact) mass is 274 g/mol. The van der Waals surface area contributed by atoms with Gasteiger partial charge in [-0.3, -0.25) is 9.59 Å². The summed E-state index contributed by atoms with van der Waals surface area (Å²) in [4.78, 5) is 43.3. The zero-order valence-corrected chi connectivity index (χ0v) is 10.6. The van der Waals surface area contributed by atoms with E-state index in [0.29, 0.717) is 6.29 Å². The molecule has 9 nitrogen and oxygen atoms in total. The van der Waals surface area contributed by atoms with Crippen LogP contribution in [-0.4, -0.2) is 62.0 Å². The molecule has 19 heavy (non-hydrogen) atoms. The topological polar surface area (TPSA) is 137 Å². The van der Waals surface area contributed by atoms with E-state index in [4.69, 9.17) is 5.11 Å². The molecule has 2 amide bonds. The summed E-state index contributed by atoms with van der Waals surface area (Å²) in [5, 5.41) is 18.9. The molecule has 9 heteroatoms. The highest BCUT2D eigenvalue weighted by atomic mass is 16.3. The molecule has 0 aromatic heterocycles. The first-order chi connectivity index (χ1) is 9.10. The maximum absolute atomic E-state index is 11.7. The largest absolute Gasteiger partial charge is 0.394 e. The van der Waals surface area contributed by atoms with Gasteiger partial charge in [0.2, 0.25) is 11.8 Å². The predicted molar refractivity (Wildman–Crippen MR) is 66.2 cm³/mol. The van der Waals surface area contributed by atoms with Crippen molar-refractivity contribution in [3.8, 4) is 0 Å². The van der Waals surface area contributed by atoms with Crippen molar-refractivity contribution >= 4 is 18.1 Å². The Morgan fingerprint density at radius 3 is 2.47 bits per heavy atom. The Hall–Kier alpha value is -1.87. The minimum absolute atomic E-state index is 0.0416. The molecule has 0 fully saturated rings. The second-order valence-corrected chi connectivity index (χ2v) is 3.64. The molecule has 0 aromatic carbocycles. The number of nitrogens with zero attached hydrogens (tertiary/aromatic N) is 1. The molecule has 0 saturated heterocycles. The van der Waals surface area contributed by atoms with Crippen molar-refractivity contribution in [3.63, 3.8) is 0 Å². The van der Waals surface area contributed by atoms with Crippen LogP contribution >= 0.6 is 0 Å². The maximum Gasteiger partial charge on any atom is 0.245 e. The molecular formula is C10H18N4O5. The van der Waals surface area contributed by atoms with Gasteiger partial charge in [-0.05, 0) is 13.5 Å². The van der Waals surface area contributed by atoms with Crippen LogP contribution in [0, 0.1) is 4.91 Å². The van der Waals surface area contributed by atoms with Crippen molar-refractivity contribution in [1.82, 2.24) is 16.0 Å². The van der Waals surface area contributed by atoms with Crippen molar-refractivity contribution in [3.05, 3.63) is 4.91 Å². The molecule has 0 aliphatic carbocycles. The number of rotatable bonds is 10. The lowest BCUT2D eigenvalue weighted by Gasteiger charge is -2.19. The maximum atomic E-state index is 11.7. The lowest BCUT2D eigenvalue weighted by Crippen LogP contribution is -2.54. The zero-order chi connectivity index (χ0) is 14.7. The Kier molecular flexibility index (Phi) is 9.10. The number of carbonyl (C=O) groups is 3. The fourth-order valence-electron chi connectivity index (χ4n) is 1.32. The summed E-state index contributed by atoms with van der Waals surface area (Å²) in [7, 11) is 1.52. The normalized spacial score (nSPS) is 13.2. The quantitative estimate of drug-likeness (QED) is 0.257. The number of aliphatic hydroxyl groups is 1. The second kappa shape index (κ2) is 10.1. The third-order valence-corrected chi connectivity index (χ3v) is 2.35. The average Bonchev–Trinajstić information content (AvgIpc) is 2.42. The molecule has 0 aliphatic heterocycles. The Labute approximate surface area is 110 Å². The standard InChI is InChI=1S/C10H18N4O5/c1-11-7(2-3-13-19)10(18)14-8(6-16)9(17)12-4-5-15/h5,7-8,11,16H,2-4,6H2,1H3,(H,12,17)(H,14,18)/t7-,8-/m0/s1. The number of hydrogen-bond donors (Lipinski definition) is 4. The molecule has 0 radical (unpaired) electrons. The van der Waals surface area contributed by atoms with E-state index in [1.165, 1.54) is 7.05 Å². The number of amides is 2. The molecule has 0 aliphatic rings. The predicted octanol–water partition coefficient (Wildman–Crippen LogP) is -2.48. The van der Waals surface area contributed by atoms with Gasteiger partial charge in [-0.25, -0.2) is 0 Å². The van der Waals surface area contributed by atoms with Gasteiger partial charge in [0.15, 0.2) is 0 Å². The van der Waals surface area contributed by atoms with Crippen molar-refractivity contribution in [2.24, 2.45) is 5.18 Å². The number of likely N-dealkylation sites (N-methyl/N-ethyl adjacent to an activating group) is 1. The summed E-state index contributed by atoms with van der Waals surface area (Å²) >= 11 is 0. The number of nitrogens with one attached hydrogen (secondary N) is 3. The van der Waals surface area contributed by atoms with Gasteiger partial charge in [-0.2, -0.15) is 4.91 Å². The van der Waals surface area contributed by atoms with E-state index in [-0.39, 0.29) is 19.5 Å². The minimum Gasteiger partial charge on any atom is -0.394 e. The lowest BCUT2D eigenvalue weighted by molar-refractivity contribution is -0.131. The SMILES string of the molecule is CN[C@@H](CCN=O)C(=O)N[C@@H](CO)C(=O)NCC=O. The Morgan fingerprint density at radius 1 is 1.32 bits per heavy atom.